The summed E-state index contributed by atoms with van der Waals surface area (Å²) < 4.78 is 45.6. The van der Waals surface area contributed by atoms with Crippen LogP contribution in [0, 0.1) is 11.3 Å². The molecule has 3 rings (SSSR count). The SMILES string of the molecule is N#Cc1ccc(-n2nc(C(F)(F)F)cc2N2CCOCC2)cc1. The topological polar surface area (TPSA) is 54.1 Å². The molecule has 0 bridgehead atoms. The minimum absolute atomic E-state index is 0.366. The Morgan fingerprint density at radius 2 is 1.78 bits per heavy atom. The molecule has 0 N–H and O–H groups in total. The maximum absolute atomic E-state index is 13.0. The maximum atomic E-state index is 13.0. The summed E-state index contributed by atoms with van der Waals surface area (Å²) in [7, 11) is 0. The monoisotopic (exact) mass is 322 g/mol. The minimum atomic E-state index is -4.51. The van der Waals surface area contributed by atoms with Crippen LogP contribution in [0.4, 0.5) is 19.0 Å². The Kier molecular flexibility index (Phi) is 3.96. The van der Waals surface area contributed by atoms with Gasteiger partial charge in [0.15, 0.2) is 5.69 Å². The number of anilines is 1. The summed E-state index contributed by atoms with van der Waals surface area (Å²) in [5, 5.41) is 12.5. The highest BCUT2D eigenvalue weighted by Gasteiger charge is 2.36. The van der Waals surface area contributed by atoms with Crippen LogP contribution in [-0.2, 0) is 10.9 Å². The van der Waals surface area contributed by atoms with Gasteiger partial charge in [-0.05, 0) is 24.3 Å². The molecule has 1 aromatic carbocycles. The molecule has 1 aromatic heterocycles. The van der Waals surface area contributed by atoms with E-state index in [2.05, 4.69) is 5.10 Å². The Hall–Kier alpha value is -2.53. The summed E-state index contributed by atoms with van der Waals surface area (Å²) in [5.74, 6) is 0.366. The summed E-state index contributed by atoms with van der Waals surface area (Å²) in [4.78, 5) is 1.81. The van der Waals surface area contributed by atoms with Gasteiger partial charge >= 0.3 is 6.18 Å². The molecule has 0 spiro atoms. The largest absolute Gasteiger partial charge is 0.435 e. The number of rotatable bonds is 2. The Balaban J connectivity index is 2.05. The Morgan fingerprint density at radius 3 is 2.35 bits per heavy atom. The smallest absolute Gasteiger partial charge is 0.378 e. The molecular weight excluding hydrogens is 309 g/mol. The van der Waals surface area contributed by atoms with Crippen LogP contribution in [0.5, 0.6) is 0 Å². The molecule has 120 valence electrons. The van der Waals surface area contributed by atoms with Crippen LogP contribution in [0.25, 0.3) is 5.69 Å². The first-order valence-corrected chi connectivity index (χ1v) is 6.99. The standard InChI is InChI=1S/C15H13F3N4O/c16-15(17,18)13-9-14(21-5-7-23-8-6-21)22(20-13)12-3-1-11(10-19)2-4-12/h1-4,9H,5-8H2. The first kappa shape index (κ1) is 15.4. The van der Waals surface area contributed by atoms with Crippen molar-refractivity contribution in [3.05, 3.63) is 41.6 Å². The number of hydrogen-bond acceptors (Lipinski definition) is 4. The van der Waals surface area contributed by atoms with Crippen LogP contribution < -0.4 is 4.90 Å². The predicted octanol–water partition coefficient (Wildman–Crippen LogP) is 2.60. The van der Waals surface area contributed by atoms with E-state index < -0.39 is 11.9 Å². The molecule has 2 heterocycles. The number of nitriles is 1. The van der Waals surface area contributed by atoms with Gasteiger partial charge in [0.25, 0.3) is 0 Å². The fourth-order valence-electron chi connectivity index (χ4n) is 2.39. The molecule has 0 amide bonds. The minimum Gasteiger partial charge on any atom is -0.378 e. The van der Waals surface area contributed by atoms with Gasteiger partial charge in [-0.25, -0.2) is 4.68 Å². The summed E-state index contributed by atoms with van der Waals surface area (Å²) >= 11 is 0. The second kappa shape index (κ2) is 5.93. The van der Waals surface area contributed by atoms with Gasteiger partial charge < -0.3 is 9.64 Å². The Labute approximate surface area is 130 Å². The van der Waals surface area contributed by atoms with Gasteiger partial charge in [0, 0.05) is 19.2 Å². The van der Waals surface area contributed by atoms with Crippen molar-refractivity contribution in [3.8, 4) is 11.8 Å². The van der Waals surface area contributed by atoms with E-state index in [9.17, 15) is 13.2 Å². The Morgan fingerprint density at radius 1 is 1.13 bits per heavy atom. The van der Waals surface area contributed by atoms with Gasteiger partial charge in [-0.1, -0.05) is 0 Å². The molecule has 1 fully saturated rings. The van der Waals surface area contributed by atoms with E-state index in [0.29, 0.717) is 43.4 Å². The molecule has 0 saturated carbocycles. The first-order chi connectivity index (χ1) is 11.0. The van der Waals surface area contributed by atoms with E-state index >= 15 is 0 Å². The summed E-state index contributed by atoms with van der Waals surface area (Å²) in [6.45, 7) is 1.92. The average molecular weight is 322 g/mol. The third-order valence-corrected chi connectivity index (χ3v) is 3.56. The molecule has 23 heavy (non-hydrogen) atoms. The first-order valence-electron chi connectivity index (χ1n) is 6.99. The second-order valence-electron chi connectivity index (χ2n) is 5.06. The van der Waals surface area contributed by atoms with Gasteiger partial charge in [0.1, 0.15) is 5.82 Å². The lowest BCUT2D eigenvalue weighted by molar-refractivity contribution is -0.141. The Bertz CT molecular complexity index is 725. The van der Waals surface area contributed by atoms with Crippen molar-refractivity contribution in [3.63, 3.8) is 0 Å². The number of morpholine rings is 1. The molecule has 8 heteroatoms. The average Bonchev–Trinajstić information content (AvgIpc) is 3.01. The number of aromatic nitrogens is 2. The van der Waals surface area contributed by atoms with E-state index in [1.165, 1.54) is 4.68 Å². The van der Waals surface area contributed by atoms with E-state index in [0.717, 1.165) is 6.07 Å². The zero-order valence-corrected chi connectivity index (χ0v) is 12.0. The summed E-state index contributed by atoms with van der Waals surface area (Å²) in [6, 6.07) is 9.28. The maximum Gasteiger partial charge on any atom is 0.435 e. The molecule has 1 saturated heterocycles. The number of hydrogen-bond donors (Lipinski definition) is 0. The van der Waals surface area contributed by atoms with E-state index in [-0.39, 0.29) is 0 Å². The highest BCUT2D eigenvalue weighted by atomic mass is 19.4. The van der Waals surface area contributed by atoms with Crippen molar-refractivity contribution in [1.82, 2.24) is 9.78 Å². The van der Waals surface area contributed by atoms with E-state index in [4.69, 9.17) is 10.00 Å². The molecular formula is C15H13F3N4O. The van der Waals surface area contributed by atoms with Gasteiger partial charge in [0.05, 0.1) is 30.5 Å². The van der Waals surface area contributed by atoms with Crippen LogP contribution in [0.3, 0.4) is 0 Å². The number of halogens is 3. The zero-order valence-electron chi connectivity index (χ0n) is 12.0. The lowest BCUT2D eigenvalue weighted by Gasteiger charge is -2.28. The fraction of sp³-hybridized carbons (Fsp3) is 0.333. The molecule has 1 aliphatic heterocycles. The van der Waals surface area contributed by atoms with Crippen LogP contribution in [-0.4, -0.2) is 36.1 Å². The molecule has 2 aromatic rings. The van der Waals surface area contributed by atoms with Gasteiger partial charge in [-0.15, -0.1) is 0 Å². The molecule has 5 nitrogen and oxygen atoms in total. The highest BCUT2D eigenvalue weighted by molar-refractivity contribution is 5.50. The highest BCUT2D eigenvalue weighted by Crippen LogP contribution is 2.32. The molecule has 1 aliphatic rings. The van der Waals surface area contributed by atoms with Crippen molar-refractivity contribution in [2.24, 2.45) is 0 Å². The van der Waals surface area contributed by atoms with Gasteiger partial charge in [0.2, 0.25) is 0 Å². The zero-order chi connectivity index (χ0) is 16.4. The quantitative estimate of drug-likeness (QED) is 0.853. The van der Waals surface area contributed by atoms with Crippen LogP contribution in [0.15, 0.2) is 30.3 Å². The molecule has 0 unspecified atom stereocenters. The number of alkyl halides is 3. The van der Waals surface area contributed by atoms with Crippen LogP contribution in [0.2, 0.25) is 0 Å². The normalized spacial score (nSPS) is 15.5. The predicted molar refractivity (Wildman–Crippen MR) is 76.3 cm³/mol. The molecule has 0 aliphatic carbocycles. The van der Waals surface area contributed by atoms with E-state index in [1.54, 1.807) is 24.3 Å². The molecule has 0 atom stereocenters. The fourth-order valence-corrected chi connectivity index (χ4v) is 2.39. The lowest BCUT2D eigenvalue weighted by atomic mass is 10.2. The summed E-state index contributed by atoms with van der Waals surface area (Å²) in [6.07, 6.45) is -4.51. The van der Waals surface area contributed by atoms with Crippen molar-refractivity contribution < 1.29 is 17.9 Å². The summed E-state index contributed by atoms with van der Waals surface area (Å²) in [5.41, 5.74) is -0.0331. The van der Waals surface area contributed by atoms with E-state index in [1.807, 2.05) is 11.0 Å². The molecule has 0 radical (unpaired) electrons. The van der Waals surface area contributed by atoms with Crippen molar-refractivity contribution in [2.75, 3.05) is 31.2 Å². The lowest BCUT2D eigenvalue weighted by Crippen LogP contribution is -2.37. The number of ether oxygens (including phenoxy) is 1. The van der Waals surface area contributed by atoms with Crippen molar-refractivity contribution in [2.45, 2.75) is 6.18 Å². The van der Waals surface area contributed by atoms with Gasteiger partial charge in [-0.3, -0.25) is 0 Å². The van der Waals surface area contributed by atoms with Crippen molar-refractivity contribution in [1.29, 1.82) is 5.26 Å². The number of nitrogens with zero attached hydrogens (tertiary/aromatic N) is 4. The van der Waals surface area contributed by atoms with Crippen LogP contribution in [0.1, 0.15) is 11.3 Å². The third kappa shape index (κ3) is 3.14. The third-order valence-electron chi connectivity index (χ3n) is 3.56. The van der Waals surface area contributed by atoms with Crippen LogP contribution >= 0.6 is 0 Å². The van der Waals surface area contributed by atoms with Gasteiger partial charge in [-0.2, -0.15) is 23.5 Å². The van der Waals surface area contributed by atoms with Crippen molar-refractivity contribution >= 4 is 5.82 Å². The number of benzene rings is 1. The second-order valence-corrected chi connectivity index (χ2v) is 5.06.